The Balaban J connectivity index is 1.60. The number of hydrogen-bond acceptors (Lipinski definition) is 2. The van der Waals surface area contributed by atoms with Gasteiger partial charge in [-0.15, -0.1) is 0 Å². The number of aromatic nitrogens is 1. The highest BCUT2D eigenvalue weighted by molar-refractivity contribution is 5.94. The molecule has 3 fully saturated rings. The molecule has 1 amide bonds. The third-order valence-corrected chi connectivity index (χ3v) is 4.93. The van der Waals surface area contributed by atoms with E-state index in [1.54, 1.807) is 16.8 Å². The van der Waals surface area contributed by atoms with Crippen LogP contribution in [0.5, 0.6) is 0 Å². The molecule has 3 aliphatic carbocycles. The number of carbonyl (C=O) groups excluding carboxylic acids is 1. The van der Waals surface area contributed by atoms with Crippen LogP contribution in [0.2, 0.25) is 0 Å². The predicted octanol–water partition coefficient (Wildman–Crippen LogP) is 1.86. The monoisotopic (exact) mass is 258 g/mol. The highest BCUT2D eigenvalue weighted by atomic mass is 16.2. The van der Waals surface area contributed by atoms with Crippen LogP contribution in [0.25, 0.3) is 0 Å². The molecule has 1 heterocycles. The average molecular weight is 258 g/mol. The number of pyridine rings is 1. The molecule has 0 bridgehead atoms. The highest BCUT2D eigenvalue weighted by Crippen LogP contribution is 2.55. The van der Waals surface area contributed by atoms with E-state index in [4.69, 9.17) is 0 Å². The van der Waals surface area contributed by atoms with Crippen molar-refractivity contribution in [2.24, 2.45) is 5.92 Å². The molecular weight excluding hydrogens is 240 g/mol. The first-order valence-electron chi connectivity index (χ1n) is 7.23. The zero-order valence-electron chi connectivity index (χ0n) is 10.9. The van der Waals surface area contributed by atoms with Gasteiger partial charge in [0, 0.05) is 17.8 Å². The van der Waals surface area contributed by atoms with Crippen LogP contribution in [-0.2, 0) is 0 Å². The minimum absolute atomic E-state index is 0.0315. The Morgan fingerprint density at radius 1 is 1.37 bits per heavy atom. The smallest absolute Gasteiger partial charge is 0.263 e. The molecule has 3 aliphatic rings. The summed E-state index contributed by atoms with van der Waals surface area (Å²) in [7, 11) is 0. The van der Waals surface area contributed by atoms with Gasteiger partial charge in [-0.05, 0) is 50.2 Å². The molecule has 1 aromatic heterocycles. The first-order valence-corrected chi connectivity index (χ1v) is 7.23. The Morgan fingerprint density at radius 2 is 2.21 bits per heavy atom. The number of hydrogen-bond donors (Lipinski definition) is 1. The molecule has 2 atom stereocenters. The summed E-state index contributed by atoms with van der Waals surface area (Å²) in [5, 5.41) is 3.12. The van der Waals surface area contributed by atoms with Crippen molar-refractivity contribution in [1.29, 1.82) is 0 Å². The SMILES string of the molecule is O=C(N[C@@]12CCC[C@@H]1C2)c1cccn(C2CC2)c1=O. The summed E-state index contributed by atoms with van der Waals surface area (Å²) >= 11 is 0. The summed E-state index contributed by atoms with van der Waals surface area (Å²) in [5.74, 6) is 0.482. The van der Waals surface area contributed by atoms with Crippen LogP contribution in [-0.4, -0.2) is 16.0 Å². The molecule has 0 unspecified atom stereocenters. The molecule has 0 aromatic carbocycles. The number of amides is 1. The van der Waals surface area contributed by atoms with Gasteiger partial charge in [0.25, 0.3) is 11.5 Å². The molecule has 0 saturated heterocycles. The lowest BCUT2D eigenvalue weighted by Gasteiger charge is -2.15. The Bertz CT molecular complexity index is 602. The zero-order chi connectivity index (χ0) is 13.0. The lowest BCUT2D eigenvalue weighted by molar-refractivity contribution is 0.0927. The summed E-state index contributed by atoms with van der Waals surface area (Å²) in [6.07, 6.45) is 8.50. The molecule has 3 saturated carbocycles. The molecule has 0 radical (unpaired) electrons. The van der Waals surface area contributed by atoms with Crippen LogP contribution >= 0.6 is 0 Å². The molecular formula is C15H18N2O2. The van der Waals surface area contributed by atoms with E-state index < -0.39 is 0 Å². The number of fused-ring (bicyclic) bond motifs is 1. The first kappa shape index (κ1) is 11.3. The minimum atomic E-state index is -0.176. The van der Waals surface area contributed by atoms with Crippen molar-refractivity contribution in [3.8, 4) is 0 Å². The van der Waals surface area contributed by atoms with Crippen LogP contribution in [0.3, 0.4) is 0 Å². The number of rotatable bonds is 3. The Hall–Kier alpha value is -1.58. The molecule has 100 valence electrons. The maximum Gasteiger partial charge on any atom is 0.263 e. The van der Waals surface area contributed by atoms with Gasteiger partial charge in [-0.1, -0.05) is 6.42 Å². The van der Waals surface area contributed by atoms with Gasteiger partial charge in [0.2, 0.25) is 0 Å². The van der Waals surface area contributed by atoms with E-state index in [9.17, 15) is 9.59 Å². The molecule has 4 nitrogen and oxygen atoms in total. The molecule has 0 spiro atoms. The second kappa shape index (κ2) is 3.71. The van der Waals surface area contributed by atoms with Crippen LogP contribution in [0.1, 0.15) is 54.9 Å². The number of carbonyl (C=O) groups is 1. The zero-order valence-corrected chi connectivity index (χ0v) is 10.9. The maximum absolute atomic E-state index is 12.3. The predicted molar refractivity (Wildman–Crippen MR) is 71.1 cm³/mol. The molecule has 19 heavy (non-hydrogen) atoms. The Morgan fingerprint density at radius 3 is 2.84 bits per heavy atom. The third-order valence-electron chi connectivity index (χ3n) is 4.93. The maximum atomic E-state index is 12.3. The second-order valence-corrected chi connectivity index (χ2v) is 6.27. The van der Waals surface area contributed by atoms with Gasteiger partial charge < -0.3 is 9.88 Å². The van der Waals surface area contributed by atoms with E-state index in [1.807, 2.05) is 6.07 Å². The van der Waals surface area contributed by atoms with E-state index in [-0.39, 0.29) is 17.0 Å². The van der Waals surface area contributed by atoms with Crippen LogP contribution in [0, 0.1) is 5.92 Å². The fourth-order valence-corrected chi connectivity index (χ4v) is 3.56. The highest BCUT2D eigenvalue weighted by Gasteiger charge is 2.57. The van der Waals surface area contributed by atoms with Crippen LogP contribution < -0.4 is 10.9 Å². The summed E-state index contributed by atoms with van der Waals surface area (Å²) in [6, 6.07) is 3.78. The molecule has 4 heteroatoms. The normalized spacial score (nSPS) is 31.9. The largest absolute Gasteiger partial charge is 0.346 e. The van der Waals surface area contributed by atoms with Crippen LogP contribution in [0.4, 0.5) is 0 Å². The quantitative estimate of drug-likeness (QED) is 0.899. The van der Waals surface area contributed by atoms with Crippen molar-refractivity contribution >= 4 is 5.91 Å². The number of nitrogens with zero attached hydrogens (tertiary/aromatic N) is 1. The van der Waals surface area contributed by atoms with E-state index in [0.29, 0.717) is 17.5 Å². The van der Waals surface area contributed by atoms with Gasteiger partial charge in [-0.25, -0.2) is 0 Å². The summed E-state index contributed by atoms with van der Waals surface area (Å²) in [5.41, 5.74) is 0.208. The molecule has 1 aromatic rings. The van der Waals surface area contributed by atoms with E-state index in [2.05, 4.69) is 5.32 Å². The summed E-state index contributed by atoms with van der Waals surface area (Å²) < 4.78 is 1.71. The first-order chi connectivity index (χ1) is 9.20. The van der Waals surface area contributed by atoms with Gasteiger partial charge in [0.05, 0.1) is 0 Å². The van der Waals surface area contributed by atoms with Crippen LogP contribution in [0.15, 0.2) is 23.1 Å². The molecule has 1 N–H and O–H groups in total. The summed E-state index contributed by atoms with van der Waals surface area (Å²) in [6.45, 7) is 0. The van der Waals surface area contributed by atoms with Gasteiger partial charge in [0.15, 0.2) is 0 Å². The minimum Gasteiger partial charge on any atom is -0.346 e. The summed E-state index contributed by atoms with van der Waals surface area (Å²) in [4.78, 5) is 24.6. The van der Waals surface area contributed by atoms with Crippen molar-refractivity contribution in [1.82, 2.24) is 9.88 Å². The fraction of sp³-hybridized carbons (Fsp3) is 0.600. The van der Waals surface area contributed by atoms with Crippen molar-refractivity contribution in [3.05, 3.63) is 34.2 Å². The molecule has 0 aliphatic heterocycles. The van der Waals surface area contributed by atoms with Gasteiger partial charge in [-0.2, -0.15) is 0 Å². The molecule has 4 rings (SSSR count). The average Bonchev–Trinajstić information content (AvgIpc) is 3.30. The Labute approximate surface area is 111 Å². The van der Waals surface area contributed by atoms with Gasteiger partial charge in [0.1, 0.15) is 5.56 Å². The second-order valence-electron chi connectivity index (χ2n) is 6.27. The fourth-order valence-electron chi connectivity index (χ4n) is 3.56. The van der Waals surface area contributed by atoms with Crippen molar-refractivity contribution in [2.75, 3.05) is 0 Å². The standard InChI is InChI=1S/C15H18N2O2/c18-13(16-15-7-1-3-10(15)9-15)12-4-2-8-17(14(12)19)11-5-6-11/h2,4,8,10-11H,1,3,5-7,9H2,(H,16,18)/t10-,15-/m1/s1. The van der Waals surface area contributed by atoms with Gasteiger partial charge >= 0.3 is 0 Å². The van der Waals surface area contributed by atoms with Crippen molar-refractivity contribution in [3.63, 3.8) is 0 Å². The van der Waals surface area contributed by atoms with E-state index in [1.165, 1.54) is 12.8 Å². The van der Waals surface area contributed by atoms with E-state index >= 15 is 0 Å². The topological polar surface area (TPSA) is 51.1 Å². The van der Waals surface area contributed by atoms with Gasteiger partial charge in [-0.3, -0.25) is 9.59 Å². The third kappa shape index (κ3) is 1.73. The number of nitrogens with one attached hydrogen (secondary N) is 1. The lowest BCUT2D eigenvalue weighted by atomic mass is 10.1. The van der Waals surface area contributed by atoms with E-state index in [0.717, 1.165) is 25.7 Å². The van der Waals surface area contributed by atoms with Crippen molar-refractivity contribution < 1.29 is 4.79 Å². The van der Waals surface area contributed by atoms with Crippen molar-refractivity contribution in [2.45, 2.75) is 50.1 Å². The lowest BCUT2D eigenvalue weighted by Crippen LogP contribution is -2.40. The Kier molecular flexibility index (Phi) is 2.20.